The van der Waals surface area contributed by atoms with Crippen molar-refractivity contribution < 1.29 is 4.52 Å². The standard InChI is InChI=1S/C6H5N3O/c1-4-5(2)10-9-6(4)3-7-8-9/h3H,1-2H2. The van der Waals surface area contributed by atoms with Gasteiger partial charge in [-0.05, 0) is 5.21 Å². The Morgan fingerprint density at radius 3 is 3.00 bits per heavy atom. The molecule has 0 aliphatic heterocycles. The van der Waals surface area contributed by atoms with Crippen molar-refractivity contribution in [3.8, 4) is 0 Å². The maximum atomic E-state index is 5.01. The molecule has 2 rings (SSSR count). The van der Waals surface area contributed by atoms with E-state index in [-0.39, 0.29) is 0 Å². The second-order valence-electron chi connectivity index (χ2n) is 1.99. The van der Waals surface area contributed by atoms with Crippen LogP contribution in [0.4, 0.5) is 0 Å². The van der Waals surface area contributed by atoms with E-state index in [1.807, 2.05) is 0 Å². The molecule has 10 heavy (non-hydrogen) atoms. The third-order valence-corrected chi connectivity index (χ3v) is 1.36. The zero-order valence-electron chi connectivity index (χ0n) is 5.24. The van der Waals surface area contributed by atoms with Crippen LogP contribution < -0.4 is 10.6 Å². The van der Waals surface area contributed by atoms with Crippen molar-refractivity contribution >= 4 is 18.7 Å². The van der Waals surface area contributed by atoms with E-state index < -0.39 is 0 Å². The highest BCUT2D eigenvalue weighted by atomic mass is 16.5. The van der Waals surface area contributed by atoms with Gasteiger partial charge < -0.3 is 4.52 Å². The maximum Gasteiger partial charge on any atom is 0.159 e. The van der Waals surface area contributed by atoms with Gasteiger partial charge in [0, 0.05) is 5.22 Å². The van der Waals surface area contributed by atoms with Crippen LogP contribution in [-0.4, -0.2) is 15.0 Å². The number of hydrogen-bond acceptors (Lipinski definition) is 3. The Labute approximate surface area is 56.0 Å². The molecule has 0 bridgehead atoms. The third kappa shape index (κ3) is 0.452. The Bertz CT molecular complexity index is 453. The van der Waals surface area contributed by atoms with Crippen LogP contribution in [0.5, 0.6) is 0 Å². The summed E-state index contributed by atoms with van der Waals surface area (Å²) in [7, 11) is 0. The Morgan fingerprint density at radius 1 is 1.50 bits per heavy atom. The molecular weight excluding hydrogens is 130 g/mol. The summed E-state index contributed by atoms with van der Waals surface area (Å²) in [5.74, 6) is 0. The largest absolute Gasteiger partial charge is 0.356 e. The van der Waals surface area contributed by atoms with Crippen molar-refractivity contribution in [1.29, 1.82) is 0 Å². The second-order valence-corrected chi connectivity index (χ2v) is 1.99. The molecule has 2 aromatic heterocycles. The van der Waals surface area contributed by atoms with Crippen molar-refractivity contribution in [3.63, 3.8) is 0 Å². The van der Waals surface area contributed by atoms with Gasteiger partial charge in [-0.3, -0.25) is 0 Å². The normalized spacial score (nSPS) is 10.8. The molecule has 0 aliphatic rings. The smallest absolute Gasteiger partial charge is 0.159 e. The van der Waals surface area contributed by atoms with Gasteiger partial charge in [0.05, 0.1) is 6.20 Å². The van der Waals surface area contributed by atoms with E-state index in [0.29, 0.717) is 5.42 Å². The Kier molecular flexibility index (Phi) is 0.768. The number of nitrogens with zero attached hydrogens (tertiary/aromatic N) is 3. The SMILES string of the molecule is C=c1on2nncc2c1=C. The van der Waals surface area contributed by atoms with Crippen LogP contribution in [0, 0.1) is 0 Å². The molecule has 0 radical (unpaired) electrons. The fraction of sp³-hybridized carbons (Fsp3) is 0. The van der Waals surface area contributed by atoms with Gasteiger partial charge in [-0.2, -0.15) is 0 Å². The first-order valence-corrected chi connectivity index (χ1v) is 2.76. The van der Waals surface area contributed by atoms with E-state index in [1.165, 1.54) is 4.69 Å². The lowest BCUT2D eigenvalue weighted by Gasteiger charge is -1.70. The van der Waals surface area contributed by atoms with E-state index in [9.17, 15) is 0 Å². The van der Waals surface area contributed by atoms with Gasteiger partial charge in [0.1, 0.15) is 5.52 Å². The minimum absolute atomic E-state index is 0.532. The van der Waals surface area contributed by atoms with Crippen LogP contribution in [0.15, 0.2) is 10.7 Å². The molecule has 4 heteroatoms. The van der Waals surface area contributed by atoms with Crippen LogP contribution in [-0.2, 0) is 0 Å². The topological polar surface area (TPSA) is 43.3 Å². The third-order valence-electron chi connectivity index (χ3n) is 1.36. The lowest BCUT2D eigenvalue weighted by atomic mass is 10.4. The monoisotopic (exact) mass is 135 g/mol. The summed E-state index contributed by atoms with van der Waals surface area (Å²) in [4.78, 5) is 0. The summed E-state index contributed by atoms with van der Waals surface area (Å²) >= 11 is 0. The molecule has 0 aromatic carbocycles. The number of rotatable bonds is 0. The van der Waals surface area contributed by atoms with Gasteiger partial charge >= 0.3 is 0 Å². The lowest BCUT2D eigenvalue weighted by molar-refractivity contribution is 0.310. The molecule has 0 saturated heterocycles. The maximum absolute atomic E-state index is 5.01. The van der Waals surface area contributed by atoms with Crippen molar-refractivity contribution in [3.05, 3.63) is 16.8 Å². The van der Waals surface area contributed by atoms with Crippen LogP contribution >= 0.6 is 0 Å². The summed E-state index contributed by atoms with van der Waals surface area (Å²) in [6.07, 6.45) is 1.58. The summed E-state index contributed by atoms with van der Waals surface area (Å²) in [6, 6.07) is 0. The molecule has 4 nitrogen and oxygen atoms in total. The van der Waals surface area contributed by atoms with E-state index in [0.717, 1.165) is 10.7 Å². The number of fused-ring (bicyclic) bond motifs is 1. The van der Waals surface area contributed by atoms with Gasteiger partial charge in [0.2, 0.25) is 0 Å². The average Bonchev–Trinajstić information content (AvgIpc) is 2.41. The minimum atomic E-state index is 0.532. The molecule has 0 amide bonds. The minimum Gasteiger partial charge on any atom is -0.356 e. The van der Waals surface area contributed by atoms with Crippen LogP contribution in [0.2, 0.25) is 0 Å². The van der Waals surface area contributed by atoms with Crippen molar-refractivity contribution in [2.24, 2.45) is 0 Å². The van der Waals surface area contributed by atoms with Crippen LogP contribution in [0.3, 0.4) is 0 Å². The Morgan fingerprint density at radius 2 is 2.30 bits per heavy atom. The predicted molar refractivity (Wildman–Crippen MR) is 35.5 cm³/mol. The van der Waals surface area contributed by atoms with Crippen molar-refractivity contribution in [1.82, 2.24) is 15.0 Å². The molecule has 0 N–H and O–H groups in total. The molecule has 0 saturated carbocycles. The van der Waals surface area contributed by atoms with Crippen LogP contribution in [0.1, 0.15) is 0 Å². The van der Waals surface area contributed by atoms with Gasteiger partial charge in [0.15, 0.2) is 5.42 Å². The fourth-order valence-electron chi connectivity index (χ4n) is 0.788. The van der Waals surface area contributed by atoms with Gasteiger partial charge in [-0.25, -0.2) is 0 Å². The number of hydrogen-bond donors (Lipinski definition) is 0. The van der Waals surface area contributed by atoms with Gasteiger partial charge in [-0.1, -0.05) is 17.8 Å². The summed E-state index contributed by atoms with van der Waals surface area (Å²) in [5.41, 5.74) is 1.30. The molecule has 0 spiro atoms. The quantitative estimate of drug-likeness (QED) is 0.472. The van der Waals surface area contributed by atoms with Crippen LogP contribution in [0.25, 0.3) is 18.7 Å². The highest BCUT2D eigenvalue weighted by molar-refractivity contribution is 5.44. The van der Waals surface area contributed by atoms with Crippen molar-refractivity contribution in [2.75, 3.05) is 0 Å². The number of aromatic nitrogens is 3. The Hall–Kier alpha value is -1.58. The van der Waals surface area contributed by atoms with Gasteiger partial charge in [-0.15, -0.1) is 5.10 Å². The zero-order chi connectivity index (χ0) is 7.14. The summed E-state index contributed by atoms with van der Waals surface area (Å²) in [6.45, 7) is 7.34. The summed E-state index contributed by atoms with van der Waals surface area (Å²) < 4.78 is 6.30. The van der Waals surface area contributed by atoms with E-state index in [1.54, 1.807) is 6.20 Å². The summed E-state index contributed by atoms with van der Waals surface area (Å²) in [5, 5.41) is 7.98. The lowest BCUT2D eigenvalue weighted by Crippen LogP contribution is -2.15. The first-order chi connectivity index (χ1) is 4.79. The zero-order valence-corrected chi connectivity index (χ0v) is 5.24. The Balaban J connectivity index is 3.24. The first-order valence-electron chi connectivity index (χ1n) is 2.76. The molecule has 2 aromatic rings. The fourth-order valence-corrected chi connectivity index (χ4v) is 0.788. The molecule has 0 unspecified atom stereocenters. The predicted octanol–water partition coefficient (Wildman–Crippen LogP) is -0.857. The second kappa shape index (κ2) is 1.47. The van der Waals surface area contributed by atoms with E-state index >= 15 is 0 Å². The van der Waals surface area contributed by atoms with E-state index in [2.05, 4.69) is 23.5 Å². The average molecular weight is 135 g/mol. The molecular formula is C6H5N3O. The molecule has 0 atom stereocenters. The first kappa shape index (κ1) is 5.22. The highest BCUT2D eigenvalue weighted by Crippen LogP contribution is 1.85. The van der Waals surface area contributed by atoms with Gasteiger partial charge in [0.25, 0.3) is 0 Å². The molecule has 50 valence electrons. The highest BCUT2D eigenvalue weighted by Gasteiger charge is 1.98. The van der Waals surface area contributed by atoms with Crippen molar-refractivity contribution in [2.45, 2.75) is 0 Å². The molecule has 0 fully saturated rings. The molecule has 0 aliphatic carbocycles. The van der Waals surface area contributed by atoms with E-state index in [4.69, 9.17) is 4.52 Å². The molecule has 2 heterocycles.